The molecule has 0 aliphatic carbocycles. The summed E-state index contributed by atoms with van der Waals surface area (Å²) in [5.74, 6) is 0.699. The maximum atomic E-state index is 12.9. The van der Waals surface area contributed by atoms with Gasteiger partial charge in [0.25, 0.3) is 0 Å². The number of hydrogen-bond donors (Lipinski definition) is 1. The number of carbonyl (C=O) groups is 1. The number of carbonyl (C=O) groups excluding carboxylic acids is 1. The molecule has 1 aliphatic rings. The molecule has 0 spiro atoms. The summed E-state index contributed by atoms with van der Waals surface area (Å²) in [5.41, 5.74) is 0.682. The fraction of sp³-hybridized carbons (Fsp3) is 0.381. The van der Waals surface area contributed by atoms with Crippen molar-refractivity contribution in [3.05, 3.63) is 53.1 Å². The topological polar surface area (TPSA) is 84.9 Å². The van der Waals surface area contributed by atoms with Crippen molar-refractivity contribution in [2.75, 3.05) is 24.2 Å². The van der Waals surface area contributed by atoms with Crippen LogP contribution in [-0.2, 0) is 14.8 Å². The number of benzene rings is 2. The first-order valence-corrected chi connectivity index (χ1v) is 11.6. The van der Waals surface area contributed by atoms with Crippen molar-refractivity contribution < 1.29 is 22.7 Å². The molecular formula is C21H25ClN2O5S. The van der Waals surface area contributed by atoms with Gasteiger partial charge >= 0.3 is 0 Å². The highest BCUT2D eigenvalue weighted by Gasteiger charge is 2.35. The Kier molecular flexibility index (Phi) is 6.19. The third-order valence-corrected chi connectivity index (χ3v) is 6.26. The lowest BCUT2D eigenvalue weighted by atomic mass is 9.89. The second kappa shape index (κ2) is 8.35. The highest BCUT2D eigenvalue weighted by Crippen LogP contribution is 2.39. The van der Waals surface area contributed by atoms with Gasteiger partial charge in [0.15, 0.2) is 0 Å². The molecular weight excluding hydrogens is 428 g/mol. The summed E-state index contributed by atoms with van der Waals surface area (Å²) in [6.45, 7) is 3.52. The Morgan fingerprint density at radius 1 is 1.30 bits per heavy atom. The second-order valence-electron chi connectivity index (χ2n) is 7.81. The van der Waals surface area contributed by atoms with Gasteiger partial charge in [-0.2, -0.15) is 0 Å². The molecule has 0 radical (unpaired) electrons. The molecule has 0 fully saturated rings. The molecule has 162 valence electrons. The average molecular weight is 453 g/mol. The van der Waals surface area contributed by atoms with E-state index in [-0.39, 0.29) is 23.3 Å². The van der Waals surface area contributed by atoms with Crippen LogP contribution in [0.1, 0.15) is 31.9 Å². The molecule has 1 aliphatic heterocycles. The lowest BCUT2D eigenvalue weighted by molar-refractivity contribution is -0.120. The number of rotatable bonds is 6. The van der Waals surface area contributed by atoms with Crippen LogP contribution in [0.5, 0.6) is 11.5 Å². The summed E-state index contributed by atoms with van der Waals surface area (Å²) >= 11 is 6.14. The molecule has 0 aromatic heterocycles. The van der Waals surface area contributed by atoms with Gasteiger partial charge < -0.3 is 14.8 Å². The molecule has 1 N–H and O–H groups in total. The zero-order chi connectivity index (χ0) is 22.1. The largest absolute Gasteiger partial charge is 0.495 e. The van der Waals surface area contributed by atoms with E-state index in [0.29, 0.717) is 17.9 Å². The minimum atomic E-state index is -3.73. The predicted octanol–water partition coefficient (Wildman–Crippen LogP) is 3.53. The van der Waals surface area contributed by atoms with Crippen molar-refractivity contribution in [1.29, 1.82) is 0 Å². The van der Waals surface area contributed by atoms with Crippen LogP contribution in [0, 0.1) is 0 Å². The van der Waals surface area contributed by atoms with E-state index >= 15 is 0 Å². The van der Waals surface area contributed by atoms with Gasteiger partial charge in [0.1, 0.15) is 23.6 Å². The zero-order valence-electron chi connectivity index (χ0n) is 17.3. The van der Waals surface area contributed by atoms with Crippen LogP contribution in [-0.4, -0.2) is 39.8 Å². The van der Waals surface area contributed by atoms with Gasteiger partial charge in [0.05, 0.1) is 30.1 Å². The number of halogens is 1. The Labute approximate surface area is 182 Å². The molecule has 0 saturated heterocycles. The Morgan fingerprint density at radius 2 is 2.00 bits per heavy atom. The number of nitrogens with zero attached hydrogens (tertiary/aromatic N) is 1. The van der Waals surface area contributed by atoms with Crippen molar-refractivity contribution in [2.24, 2.45) is 0 Å². The molecule has 3 rings (SSSR count). The molecule has 30 heavy (non-hydrogen) atoms. The van der Waals surface area contributed by atoms with Crippen LogP contribution in [0.15, 0.2) is 42.5 Å². The van der Waals surface area contributed by atoms with Gasteiger partial charge in [-0.3, -0.25) is 9.10 Å². The van der Waals surface area contributed by atoms with Gasteiger partial charge in [0, 0.05) is 12.0 Å². The highest BCUT2D eigenvalue weighted by atomic mass is 35.5. The molecule has 1 unspecified atom stereocenters. The number of para-hydroxylation sites is 1. The number of nitrogens with one attached hydrogen (secondary N) is 1. The Balaban J connectivity index is 1.83. The number of sulfonamides is 1. The van der Waals surface area contributed by atoms with Gasteiger partial charge in [-0.1, -0.05) is 29.8 Å². The van der Waals surface area contributed by atoms with Crippen LogP contribution in [0.4, 0.5) is 5.69 Å². The number of anilines is 1. The first-order chi connectivity index (χ1) is 14.0. The zero-order valence-corrected chi connectivity index (χ0v) is 18.9. The van der Waals surface area contributed by atoms with Crippen molar-refractivity contribution >= 4 is 33.2 Å². The first-order valence-electron chi connectivity index (χ1n) is 9.39. The molecule has 1 atom stereocenters. The van der Waals surface area contributed by atoms with E-state index in [9.17, 15) is 13.2 Å². The lowest BCUT2D eigenvalue weighted by Gasteiger charge is -2.38. The third-order valence-electron chi connectivity index (χ3n) is 4.82. The standard InChI is InChI=1S/C21H25ClN2O5S/c1-21(2)12-17(15-7-5-6-8-18(15)29-21)23-20(25)13-24(30(4,26)27)14-9-10-19(28-3)16(22)11-14/h5-11,17H,12-13H2,1-4H3,(H,23,25). The summed E-state index contributed by atoms with van der Waals surface area (Å²) in [6, 6.07) is 11.8. The third kappa shape index (κ3) is 4.99. The normalized spacial score (nSPS) is 17.4. The van der Waals surface area contributed by atoms with E-state index in [0.717, 1.165) is 16.1 Å². The average Bonchev–Trinajstić information content (AvgIpc) is 2.64. The molecule has 0 bridgehead atoms. The molecule has 7 nitrogen and oxygen atoms in total. The van der Waals surface area contributed by atoms with Crippen LogP contribution >= 0.6 is 11.6 Å². The monoisotopic (exact) mass is 452 g/mol. The number of methoxy groups -OCH3 is 1. The highest BCUT2D eigenvalue weighted by molar-refractivity contribution is 7.92. The van der Waals surface area contributed by atoms with E-state index in [4.69, 9.17) is 21.1 Å². The fourth-order valence-electron chi connectivity index (χ4n) is 3.51. The first kappa shape index (κ1) is 22.2. The molecule has 1 heterocycles. The number of hydrogen-bond acceptors (Lipinski definition) is 5. The summed E-state index contributed by atoms with van der Waals surface area (Å²) < 4.78 is 36.9. The Morgan fingerprint density at radius 3 is 2.63 bits per heavy atom. The van der Waals surface area contributed by atoms with Crippen molar-refractivity contribution in [2.45, 2.75) is 31.9 Å². The van der Waals surface area contributed by atoms with Gasteiger partial charge in [0.2, 0.25) is 15.9 Å². The summed E-state index contributed by atoms with van der Waals surface area (Å²) in [5, 5.41) is 3.21. The lowest BCUT2D eigenvalue weighted by Crippen LogP contribution is -2.45. The van der Waals surface area contributed by atoms with Crippen LogP contribution in [0.25, 0.3) is 0 Å². The van der Waals surface area contributed by atoms with Crippen molar-refractivity contribution in [1.82, 2.24) is 5.32 Å². The van der Waals surface area contributed by atoms with Crippen molar-refractivity contribution in [3.8, 4) is 11.5 Å². The van der Waals surface area contributed by atoms with E-state index in [1.165, 1.54) is 13.2 Å². The van der Waals surface area contributed by atoms with Gasteiger partial charge in [-0.25, -0.2) is 8.42 Å². The number of amides is 1. The second-order valence-corrected chi connectivity index (χ2v) is 10.1. The minimum Gasteiger partial charge on any atom is -0.495 e. The van der Waals surface area contributed by atoms with E-state index in [2.05, 4.69) is 5.32 Å². The van der Waals surface area contributed by atoms with Crippen LogP contribution in [0.2, 0.25) is 5.02 Å². The summed E-state index contributed by atoms with van der Waals surface area (Å²) in [6.07, 6.45) is 1.61. The SMILES string of the molecule is COc1ccc(N(CC(=O)NC2CC(C)(C)Oc3ccccc32)S(C)(=O)=O)cc1Cl. The molecule has 9 heteroatoms. The van der Waals surface area contributed by atoms with Gasteiger partial charge in [-0.05, 0) is 38.1 Å². The van der Waals surface area contributed by atoms with E-state index in [1.54, 1.807) is 12.1 Å². The molecule has 2 aromatic carbocycles. The van der Waals surface area contributed by atoms with Gasteiger partial charge in [-0.15, -0.1) is 0 Å². The van der Waals surface area contributed by atoms with Crippen LogP contribution in [0.3, 0.4) is 0 Å². The molecule has 2 aromatic rings. The summed E-state index contributed by atoms with van der Waals surface area (Å²) in [4.78, 5) is 12.9. The number of fused-ring (bicyclic) bond motifs is 1. The Hall–Kier alpha value is -2.45. The minimum absolute atomic E-state index is 0.254. The molecule has 0 saturated carbocycles. The molecule has 1 amide bonds. The van der Waals surface area contributed by atoms with Crippen LogP contribution < -0.4 is 19.1 Å². The quantitative estimate of drug-likeness (QED) is 0.724. The maximum absolute atomic E-state index is 12.9. The predicted molar refractivity (Wildman–Crippen MR) is 117 cm³/mol. The fourth-order valence-corrected chi connectivity index (χ4v) is 4.61. The maximum Gasteiger partial charge on any atom is 0.241 e. The Bertz CT molecular complexity index is 1060. The smallest absolute Gasteiger partial charge is 0.241 e. The van der Waals surface area contributed by atoms with Crippen molar-refractivity contribution in [3.63, 3.8) is 0 Å². The van der Waals surface area contributed by atoms with E-state index < -0.39 is 21.5 Å². The van der Waals surface area contributed by atoms with E-state index in [1.807, 2.05) is 38.1 Å². The number of ether oxygens (including phenoxy) is 2. The summed E-state index contributed by atoms with van der Waals surface area (Å²) in [7, 11) is -2.26.